The van der Waals surface area contributed by atoms with E-state index in [1.807, 2.05) is 36.5 Å². The predicted octanol–water partition coefficient (Wildman–Crippen LogP) is 1.31. The molecule has 17 heavy (non-hydrogen) atoms. The maximum Gasteiger partial charge on any atom is 0.0968 e. The third kappa shape index (κ3) is 2.93. The molecule has 0 radical (unpaired) electrons. The first-order valence-electron chi connectivity index (χ1n) is 5.67. The van der Waals surface area contributed by atoms with E-state index in [0.29, 0.717) is 6.54 Å². The maximum atomic E-state index is 9.80. The molecule has 0 spiro atoms. The first-order chi connectivity index (χ1) is 8.16. The fourth-order valence-electron chi connectivity index (χ4n) is 1.69. The lowest BCUT2D eigenvalue weighted by Gasteiger charge is -2.11. The molecule has 0 saturated carbocycles. The van der Waals surface area contributed by atoms with Crippen molar-refractivity contribution in [2.45, 2.75) is 25.6 Å². The molecule has 4 nitrogen and oxygen atoms in total. The van der Waals surface area contributed by atoms with Crippen LogP contribution in [-0.4, -0.2) is 20.9 Å². The van der Waals surface area contributed by atoms with Crippen LogP contribution in [0.2, 0.25) is 0 Å². The average molecular weight is 231 g/mol. The number of nitrogens with two attached hydrogens (primary N) is 1. The zero-order valence-corrected chi connectivity index (χ0v) is 9.82. The third-order valence-corrected chi connectivity index (χ3v) is 2.68. The molecule has 2 rings (SSSR count). The molecule has 1 aromatic heterocycles. The van der Waals surface area contributed by atoms with E-state index < -0.39 is 6.10 Å². The Kier molecular flexibility index (Phi) is 3.56. The lowest BCUT2D eigenvalue weighted by molar-refractivity contribution is 0.153. The zero-order valence-electron chi connectivity index (χ0n) is 9.82. The average Bonchev–Trinajstić information content (AvgIpc) is 2.77. The van der Waals surface area contributed by atoms with Crippen molar-refractivity contribution < 1.29 is 5.11 Å². The van der Waals surface area contributed by atoms with Crippen LogP contribution in [0.1, 0.15) is 24.2 Å². The second-order valence-corrected chi connectivity index (χ2v) is 4.26. The first kappa shape index (κ1) is 11.8. The van der Waals surface area contributed by atoms with Crippen LogP contribution < -0.4 is 5.73 Å². The minimum atomic E-state index is -0.653. The van der Waals surface area contributed by atoms with Gasteiger partial charge in [0.2, 0.25) is 0 Å². The van der Waals surface area contributed by atoms with Crippen molar-refractivity contribution in [2.75, 3.05) is 0 Å². The zero-order chi connectivity index (χ0) is 12.3. The Labute approximate surface area is 101 Å². The third-order valence-electron chi connectivity index (χ3n) is 2.68. The summed E-state index contributed by atoms with van der Waals surface area (Å²) in [5, 5.41) is 14.0. The van der Waals surface area contributed by atoms with E-state index in [0.717, 1.165) is 5.56 Å². The largest absolute Gasteiger partial charge is 0.387 e. The maximum absolute atomic E-state index is 9.80. The van der Waals surface area contributed by atoms with Crippen molar-refractivity contribution in [1.29, 1.82) is 0 Å². The number of hydrogen-bond donors (Lipinski definition) is 2. The van der Waals surface area contributed by atoms with Crippen molar-refractivity contribution in [3.63, 3.8) is 0 Å². The molecule has 0 aliphatic carbocycles. The lowest BCUT2D eigenvalue weighted by Crippen LogP contribution is -2.24. The Bertz CT molecular complexity index is 465. The number of rotatable bonds is 4. The smallest absolute Gasteiger partial charge is 0.0968 e. The molecule has 0 aliphatic rings. The number of nitrogens with zero attached hydrogens (tertiary/aromatic N) is 2. The van der Waals surface area contributed by atoms with Gasteiger partial charge in [0.25, 0.3) is 0 Å². The van der Waals surface area contributed by atoms with Gasteiger partial charge in [0.15, 0.2) is 0 Å². The van der Waals surface area contributed by atoms with Gasteiger partial charge in [0, 0.05) is 17.8 Å². The molecule has 1 aromatic carbocycles. The van der Waals surface area contributed by atoms with Crippen LogP contribution in [0.25, 0.3) is 0 Å². The number of benzene rings is 1. The second kappa shape index (κ2) is 5.12. The van der Waals surface area contributed by atoms with E-state index in [2.05, 4.69) is 5.10 Å². The van der Waals surface area contributed by atoms with E-state index in [1.54, 1.807) is 17.8 Å². The van der Waals surface area contributed by atoms with E-state index in [9.17, 15) is 5.11 Å². The van der Waals surface area contributed by atoms with Gasteiger partial charge in [-0.05, 0) is 12.5 Å². The Balaban J connectivity index is 2.09. The molecule has 4 heteroatoms. The van der Waals surface area contributed by atoms with Crippen LogP contribution in [0, 0.1) is 0 Å². The highest BCUT2D eigenvalue weighted by atomic mass is 16.3. The Morgan fingerprint density at radius 1 is 1.35 bits per heavy atom. The molecular weight excluding hydrogens is 214 g/mol. The van der Waals surface area contributed by atoms with E-state index in [-0.39, 0.29) is 6.04 Å². The summed E-state index contributed by atoms with van der Waals surface area (Å²) in [5.41, 5.74) is 7.58. The van der Waals surface area contributed by atoms with Gasteiger partial charge in [-0.15, -0.1) is 0 Å². The highest BCUT2D eigenvalue weighted by molar-refractivity contribution is 5.16. The second-order valence-electron chi connectivity index (χ2n) is 4.26. The van der Waals surface area contributed by atoms with Crippen molar-refractivity contribution in [3.8, 4) is 0 Å². The normalized spacial score (nSPS) is 14.5. The summed E-state index contributed by atoms with van der Waals surface area (Å²) in [7, 11) is 0. The van der Waals surface area contributed by atoms with Gasteiger partial charge < -0.3 is 10.8 Å². The van der Waals surface area contributed by atoms with E-state index in [1.165, 1.54) is 5.56 Å². The number of aliphatic hydroxyl groups is 1. The quantitative estimate of drug-likeness (QED) is 0.834. The first-order valence-corrected chi connectivity index (χ1v) is 5.67. The van der Waals surface area contributed by atoms with Crippen LogP contribution in [-0.2, 0) is 6.54 Å². The van der Waals surface area contributed by atoms with Crippen LogP contribution in [0.4, 0.5) is 0 Å². The highest BCUT2D eigenvalue weighted by Gasteiger charge is 2.14. The molecule has 0 unspecified atom stereocenters. The molecule has 0 saturated heterocycles. The monoisotopic (exact) mass is 231 g/mol. The molecule has 0 amide bonds. The van der Waals surface area contributed by atoms with Crippen molar-refractivity contribution in [3.05, 3.63) is 53.9 Å². The van der Waals surface area contributed by atoms with E-state index in [4.69, 9.17) is 5.73 Å². The van der Waals surface area contributed by atoms with Crippen molar-refractivity contribution in [1.82, 2.24) is 9.78 Å². The molecule has 0 fully saturated rings. The summed E-state index contributed by atoms with van der Waals surface area (Å²) in [4.78, 5) is 0. The Morgan fingerprint density at radius 2 is 2.06 bits per heavy atom. The van der Waals surface area contributed by atoms with Gasteiger partial charge in [0.1, 0.15) is 0 Å². The minimum absolute atomic E-state index is 0.288. The van der Waals surface area contributed by atoms with Gasteiger partial charge in [-0.1, -0.05) is 30.3 Å². The molecule has 1 heterocycles. The fraction of sp³-hybridized carbons (Fsp3) is 0.308. The van der Waals surface area contributed by atoms with Gasteiger partial charge in [-0.25, -0.2) is 0 Å². The molecule has 3 N–H and O–H groups in total. The summed E-state index contributed by atoms with van der Waals surface area (Å²) >= 11 is 0. The van der Waals surface area contributed by atoms with Gasteiger partial charge in [0.05, 0.1) is 18.8 Å². The number of hydrogen-bond acceptors (Lipinski definition) is 3. The van der Waals surface area contributed by atoms with Gasteiger partial charge in [-0.3, -0.25) is 4.68 Å². The molecule has 2 aromatic rings. The highest BCUT2D eigenvalue weighted by Crippen LogP contribution is 2.14. The van der Waals surface area contributed by atoms with Crippen LogP contribution in [0.15, 0.2) is 42.7 Å². The SMILES string of the molecule is C[C@H](N)[C@H](O)c1cnn(Cc2ccccc2)c1. The van der Waals surface area contributed by atoms with Crippen molar-refractivity contribution >= 4 is 0 Å². The van der Waals surface area contributed by atoms with Crippen LogP contribution in [0.5, 0.6) is 0 Å². The number of aliphatic hydroxyl groups excluding tert-OH is 1. The number of aromatic nitrogens is 2. The summed E-state index contributed by atoms with van der Waals surface area (Å²) in [5.74, 6) is 0. The summed E-state index contributed by atoms with van der Waals surface area (Å²) in [6.07, 6.45) is 2.84. The van der Waals surface area contributed by atoms with Crippen LogP contribution >= 0.6 is 0 Å². The fourth-order valence-corrected chi connectivity index (χ4v) is 1.69. The molecule has 2 atom stereocenters. The molecule has 90 valence electrons. The summed E-state index contributed by atoms with van der Waals surface area (Å²) < 4.78 is 1.80. The summed E-state index contributed by atoms with van der Waals surface area (Å²) in [6, 6.07) is 9.78. The summed E-state index contributed by atoms with van der Waals surface area (Å²) in [6.45, 7) is 2.48. The lowest BCUT2D eigenvalue weighted by atomic mass is 10.1. The molecular formula is C13H17N3O. The van der Waals surface area contributed by atoms with Gasteiger partial charge in [-0.2, -0.15) is 5.10 Å². The van der Waals surface area contributed by atoms with Crippen molar-refractivity contribution in [2.24, 2.45) is 5.73 Å². The molecule has 0 aliphatic heterocycles. The standard InChI is InChI=1S/C13H17N3O/c1-10(14)13(17)12-7-15-16(9-12)8-11-5-3-2-4-6-11/h2-7,9-10,13,17H,8,14H2,1H3/t10-,13-/m0/s1. The molecule has 0 bridgehead atoms. The Hall–Kier alpha value is -1.65. The Morgan fingerprint density at radius 3 is 2.71 bits per heavy atom. The van der Waals surface area contributed by atoms with Gasteiger partial charge >= 0.3 is 0 Å². The minimum Gasteiger partial charge on any atom is -0.387 e. The predicted molar refractivity (Wildman–Crippen MR) is 66.4 cm³/mol. The van der Waals surface area contributed by atoms with Crippen LogP contribution in [0.3, 0.4) is 0 Å². The van der Waals surface area contributed by atoms with E-state index >= 15 is 0 Å². The topological polar surface area (TPSA) is 64.1 Å².